The first-order chi connectivity index (χ1) is 8.75. The molecule has 1 fully saturated rings. The fraction of sp³-hybridized carbons (Fsp3) is 0.462. The molecule has 1 aliphatic rings. The number of amides is 1. The molecule has 0 bridgehead atoms. The summed E-state index contributed by atoms with van der Waals surface area (Å²) in [6, 6.07) is 1.85. The highest BCUT2D eigenvalue weighted by Crippen LogP contribution is 2.37. The summed E-state index contributed by atoms with van der Waals surface area (Å²) in [6.45, 7) is 0. The molecule has 4 nitrogen and oxygen atoms in total. The van der Waals surface area contributed by atoms with Crippen molar-refractivity contribution in [1.82, 2.24) is 9.97 Å². The highest BCUT2D eigenvalue weighted by Gasteiger charge is 2.21. The van der Waals surface area contributed by atoms with Crippen molar-refractivity contribution >= 4 is 27.5 Å². The van der Waals surface area contributed by atoms with Crippen LogP contribution in [0, 0.1) is 0 Å². The fourth-order valence-corrected chi connectivity index (χ4v) is 3.80. The summed E-state index contributed by atoms with van der Waals surface area (Å²) >= 11 is 1.58. The van der Waals surface area contributed by atoms with Gasteiger partial charge in [0.1, 0.15) is 5.69 Å². The molecular formula is C13H15N3OS. The van der Waals surface area contributed by atoms with Crippen molar-refractivity contribution in [2.45, 2.75) is 38.0 Å². The molecule has 1 aliphatic carbocycles. The van der Waals surface area contributed by atoms with Gasteiger partial charge in [-0.1, -0.05) is 19.3 Å². The van der Waals surface area contributed by atoms with Gasteiger partial charge in [-0.05, 0) is 18.9 Å². The van der Waals surface area contributed by atoms with Crippen LogP contribution in [-0.4, -0.2) is 15.9 Å². The van der Waals surface area contributed by atoms with E-state index in [1.165, 1.54) is 32.1 Å². The number of fused-ring (bicyclic) bond motifs is 1. The number of rotatable bonds is 2. The minimum atomic E-state index is -0.473. The van der Waals surface area contributed by atoms with Crippen LogP contribution < -0.4 is 5.73 Å². The van der Waals surface area contributed by atoms with Crippen molar-refractivity contribution in [3.05, 3.63) is 23.0 Å². The lowest BCUT2D eigenvalue weighted by Gasteiger charge is -2.18. The topological polar surface area (TPSA) is 68.9 Å². The molecule has 1 amide bonds. The Bertz CT molecular complexity index is 587. The third kappa shape index (κ3) is 1.99. The van der Waals surface area contributed by atoms with E-state index in [2.05, 4.69) is 9.97 Å². The van der Waals surface area contributed by atoms with E-state index in [1.54, 1.807) is 17.5 Å². The zero-order valence-electron chi connectivity index (χ0n) is 10.1. The van der Waals surface area contributed by atoms with Gasteiger partial charge >= 0.3 is 0 Å². The molecule has 0 aliphatic heterocycles. The number of aromatic nitrogens is 2. The Balaban J connectivity index is 2.04. The quantitative estimate of drug-likeness (QED) is 0.903. The standard InChI is InChI=1S/C13H15N3OS/c14-12(17)10-11-9(6-7-15-10)16-13(18-11)8-4-2-1-3-5-8/h6-8H,1-5H2,(H2,14,17). The average molecular weight is 261 g/mol. The highest BCUT2D eigenvalue weighted by atomic mass is 32.1. The first-order valence-corrected chi connectivity index (χ1v) is 7.12. The first kappa shape index (κ1) is 11.6. The van der Waals surface area contributed by atoms with Gasteiger partial charge in [0, 0.05) is 12.1 Å². The van der Waals surface area contributed by atoms with E-state index in [-0.39, 0.29) is 0 Å². The summed E-state index contributed by atoms with van der Waals surface area (Å²) in [5.74, 6) is 0.0799. The number of pyridine rings is 1. The Hall–Kier alpha value is -1.49. The van der Waals surface area contributed by atoms with E-state index in [0.29, 0.717) is 11.6 Å². The van der Waals surface area contributed by atoms with Crippen LogP contribution in [0.15, 0.2) is 12.3 Å². The summed E-state index contributed by atoms with van der Waals surface area (Å²) in [7, 11) is 0. The highest BCUT2D eigenvalue weighted by molar-refractivity contribution is 7.19. The smallest absolute Gasteiger partial charge is 0.268 e. The summed E-state index contributed by atoms with van der Waals surface area (Å²) in [5.41, 5.74) is 6.55. The molecule has 94 valence electrons. The zero-order chi connectivity index (χ0) is 12.5. The van der Waals surface area contributed by atoms with Gasteiger partial charge in [0.2, 0.25) is 0 Å². The van der Waals surface area contributed by atoms with Gasteiger partial charge in [0.25, 0.3) is 5.91 Å². The lowest BCUT2D eigenvalue weighted by molar-refractivity contribution is 0.0997. The van der Waals surface area contributed by atoms with E-state index >= 15 is 0 Å². The van der Waals surface area contributed by atoms with Gasteiger partial charge in [-0.2, -0.15) is 0 Å². The van der Waals surface area contributed by atoms with Crippen LogP contribution in [-0.2, 0) is 0 Å². The largest absolute Gasteiger partial charge is 0.364 e. The first-order valence-electron chi connectivity index (χ1n) is 6.31. The van der Waals surface area contributed by atoms with E-state index in [9.17, 15) is 4.79 Å². The molecule has 2 heterocycles. The molecular weight excluding hydrogens is 246 g/mol. The lowest BCUT2D eigenvalue weighted by atomic mass is 9.90. The number of primary amides is 1. The maximum Gasteiger partial charge on any atom is 0.268 e. The molecule has 2 N–H and O–H groups in total. The molecule has 0 radical (unpaired) electrons. The van der Waals surface area contributed by atoms with Crippen LogP contribution >= 0.6 is 11.3 Å². The van der Waals surface area contributed by atoms with Gasteiger partial charge in [0.15, 0.2) is 0 Å². The Kier molecular flexibility index (Phi) is 2.99. The number of nitrogens with zero attached hydrogens (tertiary/aromatic N) is 2. The predicted molar refractivity (Wildman–Crippen MR) is 71.8 cm³/mol. The van der Waals surface area contributed by atoms with Gasteiger partial charge in [-0.25, -0.2) is 9.97 Å². The van der Waals surface area contributed by atoms with Crippen molar-refractivity contribution < 1.29 is 4.79 Å². The molecule has 1 saturated carbocycles. The Morgan fingerprint density at radius 1 is 1.33 bits per heavy atom. The number of thiazole rings is 1. The average Bonchev–Trinajstić information content (AvgIpc) is 2.83. The molecule has 5 heteroatoms. The monoisotopic (exact) mass is 261 g/mol. The SMILES string of the molecule is NC(=O)c1nccc2nc(C3CCCCC3)sc12. The van der Waals surface area contributed by atoms with E-state index < -0.39 is 5.91 Å². The van der Waals surface area contributed by atoms with Crippen LogP contribution in [0.4, 0.5) is 0 Å². The number of nitrogens with two attached hydrogens (primary N) is 1. The molecule has 0 aromatic carbocycles. The molecule has 18 heavy (non-hydrogen) atoms. The van der Waals surface area contributed by atoms with Crippen molar-refractivity contribution in [2.24, 2.45) is 5.73 Å². The van der Waals surface area contributed by atoms with E-state index in [4.69, 9.17) is 5.73 Å². The van der Waals surface area contributed by atoms with Gasteiger partial charge in [0.05, 0.1) is 15.2 Å². The third-order valence-corrected chi connectivity index (χ3v) is 4.75. The number of hydrogen-bond donors (Lipinski definition) is 1. The van der Waals surface area contributed by atoms with Crippen molar-refractivity contribution in [3.8, 4) is 0 Å². The molecule has 2 aromatic heterocycles. The van der Waals surface area contributed by atoms with Crippen LogP contribution in [0.25, 0.3) is 10.2 Å². The Morgan fingerprint density at radius 3 is 2.83 bits per heavy atom. The maximum absolute atomic E-state index is 11.3. The molecule has 3 rings (SSSR count). The second-order valence-corrected chi connectivity index (χ2v) is 5.79. The second-order valence-electron chi connectivity index (χ2n) is 4.76. The van der Waals surface area contributed by atoms with Crippen LogP contribution in [0.3, 0.4) is 0 Å². The minimum absolute atomic E-state index is 0.354. The van der Waals surface area contributed by atoms with E-state index in [0.717, 1.165) is 15.2 Å². The van der Waals surface area contributed by atoms with Crippen molar-refractivity contribution in [2.75, 3.05) is 0 Å². The van der Waals surface area contributed by atoms with Crippen molar-refractivity contribution in [3.63, 3.8) is 0 Å². The van der Waals surface area contributed by atoms with Gasteiger partial charge in [-0.3, -0.25) is 4.79 Å². The summed E-state index contributed by atoms with van der Waals surface area (Å²) in [6.07, 6.45) is 7.91. The van der Waals surface area contributed by atoms with Gasteiger partial charge < -0.3 is 5.73 Å². The zero-order valence-corrected chi connectivity index (χ0v) is 10.9. The minimum Gasteiger partial charge on any atom is -0.364 e. The number of hydrogen-bond acceptors (Lipinski definition) is 4. The third-order valence-electron chi connectivity index (χ3n) is 3.51. The molecule has 2 aromatic rings. The summed E-state index contributed by atoms with van der Waals surface area (Å²) in [5, 5.41) is 1.14. The summed E-state index contributed by atoms with van der Waals surface area (Å²) in [4.78, 5) is 20.0. The summed E-state index contributed by atoms with van der Waals surface area (Å²) < 4.78 is 0.838. The van der Waals surface area contributed by atoms with Gasteiger partial charge in [-0.15, -0.1) is 11.3 Å². The lowest BCUT2D eigenvalue weighted by Crippen LogP contribution is -2.12. The molecule has 0 spiro atoms. The van der Waals surface area contributed by atoms with Crippen molar-refractivity contribution in [1.29, 1.82) is 0 Å². The molecule has 0 unspecified atom stereocenters. The maximum atomic E-state index is 11.3. The van der Waals surface area contributed by atoms with Crippen LogP contribution in [0.5, 0.6) is 0 Å². The number of carbonyl (C=O) groups is 1. The normalized spacial score (nSPS) is 17.1. The predicted octanol–water partition coefficient (Wildman–Crippen LogP) is 2.84. The van der Waals surface area contributed by atoms with Crippen LogP contribution in [0.2, 0.25) is 0 Å². The second kappa shape index (κ2) is 4.65. The van der Waals surface area contributed by atoms with Crippen LogP contribution in [0.1, 0.15) is 53.5 Å². The number of carbonyl (C=O) groups excluding carboxylic acids is 1. The molecule has 0 saturated heterocycles. The van der Waals surface area contributed by atoms with E-state index in [1.807, 2.05) is 6.07 Å². The molecule has 0 atom stereocenters. The Labute approximate surface area is 109 Å². The Morgan fingerprint density at radius 2 is 2.11 bits per heavy atom. The fourth-order valence-electron chi connectivity index (χ4n) is 2.57.